The van der Waals surface area contributed by atoms with Crippen LogP contribution in [0.2, 0.25) is 0 Å². The zero-order chi connectivity index (χ0) is 19.1. The quantitative estimate of drug-likeness (QED) is 0.735. The molecular formula is C21H22BrFN2O2. The smallest absolute Gasteiger partial charge is 0.219 e. The average molecular weight is 433 g/mol. The number of aromatic nitrogens is 1. The van der Waals surface area contributed by atoms with E-state index in [1.54, 1.807) is 19.1 Å². The lowest BCUT2D eigenvalue weighted by Gasteiger charge is -2.36. The van der Waals surface area contributed by atoms with Gasteiger partial charge in [0.25, 0.3) is 0 Å². The first-order valence-electron chi connectivity index (χ1n) is 9.35. The Labute approximate surface area is 166 Å². The maximum absolute atomic E-state index is 13.9. The Morgan fingerprint density at radius 2 is 1.93 bits per heavy atom. The molecule has 0 bridgehead atoms. The number of aryl methyl sites for hydroxylation is 2. The number of phenolic OH excluding ortho intramolecular Hbond substituents is 1. The van der Waals surface area contributed by atoms with Crippen LogP contribution in [0.25, 0.3) is 0 Å². The van der Waals surface area contributed by atoms with E-state index in [1.165, 1.54) is 6.20 Å². The van der Waals surface area contributed by atoms with Crippen LogP contribution in [0, 0.1) is 11.7 Å². The molecule has 2 aromatic rings. The van der Waals surface area contributed by atoms with Gasteiger partial charge in [-0.1, -0.05) is 15.9 Å². The van der Waals surface area contributed by atoms with Gasteiger partial charge in [0, 0.05) is 30.4 Å². The Kier molecular flexibility index (Phi) is 4.93. The minimum absolute atomic E-state index is 0.0298. The van der Waals surface area contributed by atoms with Crippen LogP contribution in [0.4, 0.5) is 4.39 Å². The molecule has 1 aromatic heterocycles. The molecule has 0 saturated carbocycles. The highest BCUT2D eigenvalue weighted by Crippen LogP contribution is 2.46. The molecule has 1 fully saturated rings. The molecule has 0 radical (unpaired) electrons. The molecule has 1 atom stereocenters. The Balaban J connectivity index is 1.80. The van der Waals surface area contributed by atoms with Gasteiger partial charge in [0.05, 0.1) is 11.9 Å². The lowest BCUT2D eigenvalue weighted by Crippen LogP contribution is -2.39. The van der Waals surface area contributed by atoms with Crippen molar-refractivity contribution in [1.82, 2.24) is 9.88 Å². The summed E-state index contributed by atoms with van der Waals surface area (Å²) in [5.74, 6) is 0.376. The first-order valence-corrected chi connectivity index (χ1v) is 10.1. The number of pyridine rings is 1. The molecule has 4 nitrogen and oxygen atoms in total. The molecule has 1 unspecified atom stereocenters. The van der Waals surface area contributed by atoms with Gasteiger partial charge < -0.3 is 10.0 Å². The first-order chi connectivity index (χ1) is 12.9. The summed E-state index contributed by atoms with van der Waals surface area (Å²) in [6.07, 6.45) is 4.51. The minimum Gasteiger partial charge on any atom is -0.508 e. The van der Waals surface area contributed by atoms with Crippen molar-refractivity contribution in [3.8, 4) is 5.75 Å². The number of benzene rings is 1. The van der Waals surface area contributed by atoms with Crippen molar-refractivity contribution in [1.29, 1.82) is 0 Å². The Bertz CT molecular complexity index is 894. The molecule has 1 saturated heterocycles. The second-order valence-corrected chi connectivity index (χ2v) is 8.37. The van der Waals surface area contributed by atoms with Gasteiger partial charge in [0.15, 0.2) is 0 Å². The molecular weight excluding hydrogens is 411 g/mol. The van der Waals surface area contributed by atoms with Gasteiger partial charge in [-0.25, -0.2) is 4.39 Å². The maximum Gasteiger partial charge on any atom is 0.219 e. The first kappa shape index (κ1) is 18.4. The predicted molar refractivity (Wildman–Crippen MR) is 104 cm³/mol. The highest BCUT2D eigenvalue weighted by Gasteiger charge is 2.36. The number of piperidine rings is 1. The van der Waals surface area contributed by atoms with E-state index in [2.05, 4.69) is 20.9 Å². The highest BCUT2D eigenvalue weighted by molar-refractivity contribution is 9.10. The molecule has 142 valence electrons. The fourth-order valence-electron chi connectivity index (χ4n) is 4.60. The van der Waals surface area contributed by atoms with Gasteiger partial charge in [-0.3, -0.25) is 9.78 Å². The lowest BCUT2D eigenvalue weighted by molar-refractivity contribution is -0.130. The molecule has 1 aromatic carbocycles. The lowest BCUT2D eigenvalue weighted by atomic mass is 9.76. The Hall–Kier alpha value is -1.95. The number of hydrogen-bond donors (Lipinski definition) is 1. The number of likely N-dealkylation sites (tertiary alicyclic amines) is 1. The van der Waals surface area contributed by atoms with E-state index >= 15 is 0 Å². The second kappa shape index (κ2) is 7.23. The van der Waals surface area contributed by atoms with E-state index in [0.717, 1.165) is 59.2 Å². The number of carbonyl (C=O) groups is 1. The molecule has 1 amide bonds. The van der Waals surface area contributed by atoms with E-state index in [1.807, 2.05) is 11.0 Å². The van der Waals surface area contributed by atoms with Gasteiger partial charge >= 0.3 is 0 Å². The number of nitrogens with zero attached hydrogens (tertiary/aromatic N) is 2. The molecule has 1 aliphatic carbocycles. The minimum atomic E-state index is -0.313. The van der Waals surface area contributed by atoms with E-state index in [4.69, 9.17) is 0 Å². The number of hydrogen-bond acceptors (Lipinski definition) is 3. The van der Waals surface area contributed by atoms with Crippen molar-refractivity contribution >= 4 is 21.8 Å². The third kappa shape index (κ3) is 3.47. The van der Waals surface area contributed by atoms with E-state index < -0.39 is 0 Å². The van der Waals surface area contributed by atoms with Crippen molar-refractivity contribution < 1.29 is 14.3 Å². The number of fused-ring (bicyclic) bond motifs is 2. The molecule has 6 heteroatoms. The zero-order valence-electron chi connectivity index (χ0n) is 15.2. The summed E-state index contributed by atoms with van der Waals surface area (Å²) >= 11 is 3.65. The van der Waals surface area contributed by atoms with Gasteiger partial charge in [-0.05, 0) is 66.5 Å². The standard InChI is InChI=1S/C21H22BrFN2O2/c1-12(26)25-6-4-13(5-7-25)20-19-14(9-17(27)10-18(19)22)2-3-15-8-16(23)11-24-21(15)20/h8-11,13,20,27H,2-7H2,1H3. The van der Waals surface area contributed by atoms with Crippen LogP contribution in [0.1, 0.15) is 48.1 Å². The van der Waals surface area contributed by atoms with Crippen molar-refractivity contribution in [3.63, 3.8) is 0 Å². The summed E-state index contributed by atoms with van der Waals surface area (Å²) in [4.78, 5) is 18.1. The van der Waals surface area contributed by atoms with Crippen molar-refractivity contribution in [2.45, 2.75) is 38.5 Å². The van der Waals surface area contributed by atoms with Crippen LogP contribution in [-0.4, -0.2) is 34.0 Å². The molecule has 0 spiro atoms. The predicted octanol–water partition coefficient (Wildman–Crippen LogP) is 4.18. The monoisotopic (exact) mass is 432 g/mol. The molecule has 2 heterocycles. The second-order valence-electron chi connectivity index (χ2n) is 7.52. The summed E-state index contributed by atoms with van der Waals surface area (Å²) in [6.45, 7) is 3.08. The largest absolute Gasteiger partial charge is 0.508 e. The number of phenols is 1. The molecule has 1 aliphatic heterocycles. The summed E-state index contributed by atoms with van der Waals surface area (Å²) < 4.78 is 14.7. The number of halogens is 2. The van der Waals surface area contributed by atoms with Gasteiger partial charge in [0.1, 0.15) is 11.6 Å². The van der Waals surface area contributed by atoms with Crippen molar-refractivity contribution in [2.24, 2.45) is 5.92 Å². The van der Waals surface area contributed by atoms with E-state index in [-0.39, 0.29) is 23.4 Å². The maximum atomic E-state index is 13.9. The van der Waals surface area contributed by atoms with Crippen LogP contribution in [0.3, 0.4) is 0 Å². The SMILES string of the molecule is CC(=O)N1CCC(C2c3ncc(F)cc3CCc3cc(O)cc(Br)c32)CC1. The van der Waals surface area contributed by atoms with Gasteiger partial charge in [-0.15, -0.1) is 0 Å². The third-order valence-corrected chi connectivity index (χ3v) is 6.55. The normalized spacial score (nSPS) is 20.0. The molecule has 4 rings (SSSR count). The number of carbonyl (C=O) groups excluding carboxylic acids is 1. The van der Waals surface area contributed by atoms with Crippen molar-refractivity contribution in [3.05, 3.63) is 57.1 Å². The summed E-state index contributed by atoms with van der Waals surface area (Å²) in [6, 6.07) is 5.14. The van der Waals surface area contributed by atoms with Gasteiger partial charge in [0.2, 0.25) is 5.91 Å². The molecule has 1 N–H and O–H groups in total. The average Bonchev–Trinajstić information content (AvgIpc) is 2.78. The van der Waals surface area contributed by atoms with Crippen LogP contribution in [-0.2, 0) is 17.6 Å². The summed E-state index contributed by atoms with van der Waals surface area (Å²) in [5.41, 5.74) is 4.10. The van der Waals surface area contributed by atoms with E-state index in [9.17, 15) is 14.3 Å². The fraction of sp³-hybridized carbons (Fsp3) is 0.429. The highest BCUT2D eigenvalue weighted by atomic mass is 79.9. The molecule has 27 heavy (non-hydrogen) atoms. The zero-order valence-corrected chi connectivity index (χ0v) is 16.8. The summed E-state index contributed by atoms with van der Waals surface area (Å²) in [7, 11) is 0. The van der Waals surface area contributed by atoms with Crippen LogP contribution < -0.4 is 0 Å². The number of amides is 1. The van der Waals surface area contributed by atoms with Crippen LogP contribution in [0.5, 0.6) is 5.75 Å². The number of rotatable bonds is 1. The molecule has 2 aliphatic rings. The van der Waals surface area contributed by atoms with Gasteiger partial charge in [-0.2, -0.15) is 0 Å². The van der Waals surface area contributed by atoms with Crippen LogP contribution >= 0.6 is 15.9 Å². The van der Waals surface area contributed by atoms with Crippen molar-refractivity contribution in [2.75, 3.05) is 13.1 Å². The Morgan fingerprint density at radius 1 is 1.22 bits per heavy atom. The van der Waals surface area contributed by atoms with E-state index in [0.29, 0.717) is 12.3 Å². The fourth-order valence-corrected chi connectivity index (χ4v) is 5.33. The van der Waals surface area contributed by atoms with Crippen LogP contribution in [0.15, 0.2) is 28.9 Å². The topological polar surface area (TPSA) is 53.4 Å². The Morgan fingerprint density at radius 3 is 2.63 bits per heavy atom. The number of aromatic hydroxyl groups is 1. The summed E-state index contributed by atoms with van der Waals surface area (Å²) in [5, 5.41) is 10.1. The third-order valence-electron chi connectivity index (χ3n) is 5.89.